The zero-order valence-electron chi connectivity index (χ0n) is 41.5. The van der Waals surface area contributed by atoms with E-state index in [9.17, 15) is 15.6 Å². The Kier molecular flexibility index (Phi) is 12.6. The van der Waals surface area contributed by atoms with Gasteiger partial charge in [0.2, 0.25) is 0 Å². The average molecular weight is 1020 g/mol. The van der Waals surface area contributed by atoms with Crippen molar-refractivity contribution in [3.05, 3.63) is 233 Å². The minimum absolute atomic E-state index is 0.0932. The van der Waals surface area contributed by atoms with Crippen molar-refractivity contribution in [2.75, 3.05) is 14.2 Å². The van der Waals surface area contributed by atoms with Crippen LogP contribution in [0.5, 0.6) is 17.2 Å². The summed E-state index contributed by atoms with van der Waals surface area (Å²) in [6.45, 7) is 0.980. The van der Waals surface area contributed by atoms with Crippen molar-refractivity contribution < 1.29 is 14.6 Å². The maximum absolute atomic E-state index is 12.2. The van der Waals surface area contributed by atoms with Crippen LogP contribution in [0.3, 0.4) is 0 Å². The summed E-state index contributed by atoms with van der Waals surface area (Å²) in [6.07, 6.45) is 0. The molecule has 0 aliphatic rings. The van der Waals surface area contributed by atoms with Crippen LogP contribution in [0.1, 0.15) is 15.6 Å². The smallest absolute Gasteiger partial charge is 0.328 e. The van der Waals surface area contributed by atoms with Gasteiger partial charge in [-0.3, -0.25) is 0 Å². The van der Waals surface area contributed by atoms with Gasteiger partial charge < -0.3 is 23.5 Å². The summed E-state index contributed by atoms with van der Waals surface area (Å²) in [5.41, 5.74) is 10.1. The van der Waals surface area contributed by atoms with Crippen LogP contribution in [0.25, 0.3) is 64.9 Å². The van der Waals surface area contributed by atoms with Crippen LogP contribution in [-0.4, -0.2) is 51.9 Å². The van der Waals surface area contributed by atoms with E-state index in [1.54, 1.807) is 26.4 Å². The highest BCUT2D eigenvalue weighted by Crippen LogP contribution is 2.39. The van der Waals surface area contributed by atoms with E-state index in [0.29, 0.717) is 59.8 Å². The van der Waals surface area contributed by atoms with Gasteiger partial charge in [0.15, 0.2) is 0 Å². The number of phenols is 1. The molecule has 9 nitrogen and oxygen atoms in total. The molecule has 0 atom stereocenters. The molecule has 0 spiro atoms. The lowest BCUT2D eigenvalue weighted by molar-refractivity contribution is 0.415. The fourth-order valence-corrected chi connectivity index (χ4v) is 12.4. The van der Waals surface area contributed by atoms with Gasteiger partial charge in [0.1, 0.15) is 50.5 Å². The van der Waals surface area contributed by atoms with E-state index in [2.05, 4.69) is 101 Å². The van der Waals surface area contributed by atoms with Crippen molar-refractivity contribution in [3.8, 4) is 51.9 Å². The number of aromatic nitrogens is 4. The predicted molar refractivity (Wildman–Crippen MR) is 312 cm³/mol. The van der Waals surface area contributed by atoms with Crippen molar-refractivity contribution in [1.29, 1.82) is 10.5 Å². The number of thiazole rings is 2. The number of nitriles is 2. The summed E-state index contributed by atoms with van der Waals surface area (Å²) in [5, 5.41) is 39.2. The van der Waals surface area contributed by atoms with Gasteiger partial charge >= 0.3 is 13.7 Å². The van der Waals surface area contributed by atoms with Gasteiger partial charge in [0.25, 0.3) is 0 Å². The Labute approximate surface area is 447 Å². The molecule has 0 saturated heterocycles. The molecule has 0 bridgehead atoms. The van der Waals surface area contributed by atoms with Crippen LogP contribution < -0.4 is 42.0 Å². The Bertz CT molecular complexity index is 3990. The third-order valence-corrected chi connectivity index (χ3v) is 16.0. The zero-order chi connectivity index (χ0) is 51.9. The third-order valence-electron chi connectivity index (χ3n) is 13.9. The molecule has 12 aromatic rings. The van der Waals surface area contributed by atoms with E-state index in [0.717, 1.165) is 64.7 Å². The number of phenolic OH excluding ortho intramolecular Hbond substituents is 1. The Morgan fingerprint density at radius 3 is 1.18 bits per heavy atom. The van der Waals surface area contributed by atoms with Gasteiger partial charge in [0, 0.05) is 34.3 Å². The SMILES string of the molecule is COc1ccc2sc(/C(C#N)=c3/c4c(-c5ccc(O)cc5)n(B(c5ccccc5)c5ccccc5)/c(=C(/C#N)c5nc6cc(OC)ccc6s5)c4c(-c4ccc(C)cc4)n3B(c3ccccc3)c3ccccc3)nc2c1. The second-order valence-corrected chi connectivity index (χ2v) is 20.5. The number of hydrogen-bond donors (Lipinski definition) is 1. The predicted octanol–water partition coefficient (Wildman–Crippen LogP) is 9.78. The van der Waals surface area contributed by atoms with Crippen molar-refractivity contribution in [2.24, 2.45) is 0 Å². The normalized spacial score (nSPS) is 12.1. The molecular formula is C63H44B2N6O3S2. The Hall–Kier alpha value is -9.39. The standard InChI is InChI=1S/C63H44B2N6O3S2/c1-40-24-26-41(27-25-40)58-56-57(61(51(39-67)63-69-53-37-49(74-3)33-35-55(53)76-63)70(58)64(43-16-8-4-9-17-43)44-18-10-5-11-19-44)59(42-28-30-47(72)31-29-42)71(65(45-20-12-6-13-21-45)46-22-14-7-15-23-46)60(56)50(38-66)62-68-52-36-48(73-2)32-34-54(52)75-62/h4-37,72H,1-3H3/b60-50-,61-51-. The number of rotatable bonds is 12. The lowest BCUT2D eigenvalue weighted by atomic mass is 9.50. The van der Waals surface area contributed by atoms with Crippen LogP contribution in [0.2, 0.25) is 0 Å². The molecule has 12 rings (SSSR count). The number of aromatic hydroxyl groups is 1. The fourth-order valence-electron chi connectivity index (χ4n) is 10.5. The van der Waals surface area contributed by atoms with Crippen molar-refractivity contribution in [2.45, 2.75) is 6.92 Å². The first-order valence-corrected chi connectivity index (χ1v) is 26.3. The number of methoxy groups -OCH3 is 2. The van der Waals surface area contributed by atoms with E-state index in [-0.39, 0.29) is 5.75 Å². The maximum Gasteiger partial charge on any atom is 0.328 e. The summed E-state index contributed by atoms with van der Waals surface area (Å²) < 4.78 is 17.7. The van der Waals surface area contributed by atoms with E-state index >= 15 is 0 Å². The molecule has 0 amide bonds. The molecule has 0 aliphatic carbocycles. The molecule has 4 heterocycles. The largest absolute Gasteiger partial charge is 0.508 e. The number of ether oxygens (including phenoxy) is 2. The maximum atomic E-state index is 12.2. The highest BCUT2D eigenvalue weighted by Gasteiger charge is 2.37. The van der Waals surface area contributed by atoms with Crippen LogP contribution >= 0.6 is 22.7 Å². The van der Waals surface area contributed by atoms with Crippen LogP contribution in [-0.2, 0) is 0 Å². The summed E-state index contributed by atoms with van der Waals surface area (Å²) >= 11 is 2.89. The van der Waals surface area contributed by atoms with Gasteiger partial charge in [-0.2, -0.15) is 10.5 Å². The molecule has 13 heteroatoms. The molecule has 1 N–H and O–H groups in total. The summed E-state index contributed by atoms with van der Waals surface area (Å²) in [7, 11) is 3.27. The monoisotopic (exact) mass is 1020 g/mol. The number of nitrogens with zero attached hydrogens (tertiary/aromatic N) is 6. The summed E-state index contributed by atoms with van der Waals surface area (Å²) in [6, 6.07) is 74.2. The van der Waals surface area contributed by atoms with E-state index < -0.39 is 13.7 Å². The van der Waals surface area contributed by atoms with E-state index in [4.69, 9.17) is 19.4 Å². The molecule has 0 fully saturated rings. The molecule has 0 radical (unpaired) electrons. The van der Waals surface area contributed by atoms with Crippen LogP contribution in [0, 0.1) is 29.6 Å². The third kappa shape index (κ3) is 8.38. The van der Waals surface area contributed by atoms with E-state index in [1.807, 2.05) is 121 Å². The zero-order valence-corrected chi connectivity index (χ0v) is 43.2. The van der Waals surface area contributed by atoms with Crippen LogP contribution in [0.4, 0.5) is 0 Å². The molecule has 0 saturated carbocycles. The highest BCUT2D eigenvalue weighted by molar-refractivity contribution is 7.20. The van der Waals surface area contributed by atoms with Crippen molar-refractivity contribution in [3.63, 3.8) is 0 Å². The first-order valence-electron chi connectivity index (χ1n) is 24.7. The van der Waals surface area contributed by atoms with Crippen LogP contribution in [0.15, 0.2) is 206 Å². The molecule has 76 heavy (non-hydrogen) atoms. The van der Waals surface area contributed by atoms with Gasteiger partial charge in [-0.1, -0.05) is 173 Å². The Balaban J connectivity index is 1.44. The first-order chi connectivity index (χ1) is 37.3. The number of hydrogen-bond acceptors (Lipinski definition) is 9. The lowest BCUT2D eigenvalue weighted by Crippen LogP contribution is -2.54. The number of aryl methyl sites for hydroxylation is 1. The summed E-state index contributed by atoms with van der Waals surface area (Å²) in [4.78, 5) is 10.6. The number of fused-ring (bicyclic) bond motifs is 3. The van der Waals surface area contributed by atoms with Crippen molar-refractivity contribution in [1.82, 2.24) is 18.9 Å². The molecule has 362 valence electrons. The topological polar surface area (TPSA) is 122 Å². The molecule has 0 unspecified atom stereocenters. The Morgan fingerprint density at radius 1 is 0.487 bits per heavy atom. The minimum atomic E-state index is -0.557. The highest BCUT2D eigenvalue weighted by atomic mass is 32.1. The van der Waals surface area contributed by atoms with Gasteiger partial charge in [-0.25, -0.2) is 9.97 Å². The fraction of sp³-hybridized carbons (Fsp3) is 0.0476. The first kappa shape index (κ1) is 47.6. The van der Waals surface area contributed by atoms with E-state index in [1.165, 1.54) is 22.7 Å². The molecule has 4 aromatic heterocycles. The lowest BCUT2D eigenvalue weighted by Gasteiger charge is -2.24. The van der Waals surface area contributed by atoms with Gasteiger partial charge in [-0.15, -0.1) is 22.7 Å². The molecule has 8 aromatic carbocycles. The average Bonchev–Trinajstić information content (AvgIpc) is 4.32. The Morgan fingerprint density at radius 2 is 0.842 bits per heavy atom. The molecular weight excluding hydrogens is 974 g/mol. The molecule has 0 aliphatic heterocycles. The summed E-state index contributed by atoms with van der Waals surface area (Å²) in [5.74, 6) is 1.40. The minimum Gasteiger partial charge on any atom is -0.508 e. The van der Waals surface area contributed by atoms with Gasteiger partial charge in [-0.05, 0) is 66.6 Å². The van der Waals surface area contributed by atoms with Crippen molar-refractivity contribution >= 4 is 101 Å². The second kappa shape index (κ2) is 20.1. The quantitative estimate of drug-likeness (QED) is 0.121. The van der Waals surface area contributed by atoms with Gasteiger partial charge in [0.05, 0.1) is 45.4 Å². The second-order valence-electron chi connectivity index (χ2n) is 18.4. The number of benzene rings is 8.